The number of fused-ring (bicyclic) bond motifs is 1. The van der Waals surface area contributed by atoms with E-state index in [-0.39, 0.29) is 72.9 Å². The molecule has 5 rings (SSSR count). The molecule has 1 saturated heterocycles. The highest BCUT2D eigenvalue weighted by Crippen LogP contribution is 2.43. The van der Waals surface area contributed by atoms with Gasteiger partial charge in [0.25, 0.3) is 0 Å². The number of carbonyl (C=O) groups is 1. The first-order chi connectivity index (χ1) is 22.0. The van der Waals surface area contributed by atoms with Crippen molar-refractivity contribution < 1.29 is 37.0 Å². The number of hydrogen-bond donors (Lipinski definition) is 1. The predicted octanol–water partition coefficient (Wildman–Crippen LogP) is 7.66. The first-order valence-electron chi connectivity index (χ1n) is 15.7. The van der Waals surface area contributed by atoms with Gasteiger partial charge in [0.1, 0.15) is 29.5 Å². The molecule has 0 aliphatic carbocycles. The van der Waals surface area contributed by atoms with Crippen LogP contribution in [0.5, 0.6) is 11.5 Å². The maximum Gasteiger partial charge on any atom is 0.227 e. The number of ether oxygens (including phenoxy) is 2. The fourth-order valence-corrected chi connectivity index (χ4v) is 7.32. The maximum absolute atomic E-state index is 15.4. The Morgan fingerprint density at radius 2 is 1.74 bits per heavy atom. The summed E-state index contributed by atoms with van der Waals surface area (Å²) in [6.07, 6.45) is -0.414. The molecule has 3 aromatic carbocycles. The molecule has 3 aromatic rings. The Hall–Kier alpha value is -3.25. The number of halogens is 4. The van der Waals surface area contributed by atoms with Crippen LogP contribution in [-0.2, 0) is 22.2 Å². The van der Waals surface area contributed by atoms with Crippen LogP contribution in [0.25, 0.3) is 0 Å². The van der Waals surface area contributed by atoms with Gasteiger partial charge in [-0.25, -0.2) is 13.2 Å². The number of piperidine rings is 1. The van der Waals surface area contributed by atoms with Gasteiger partial charge in [-0.1, -0.05) is 44.5 Å². The van der Waals surface area contributed by atoms with Crippen molar-refractivity contribution in [2.75, 3.05) is 36.6 Å². The highest BCUT2D eigenvalue weighted by Gasteiger charge is 2.49. The van der Waals surface area contributed by atoms with Crippen LogP contribution in [0.1, 0.15) is 44.7 Å². The summed E-state index contributed by atoms with van der Waals surface area (Å²) < 4.78 is 63.7. The van der Waals surface area contributed by atoms with Crippen molar-refractivity contribution >= 4 is 37.2 Å². The zero-order valence-corrected chi connectivity index (χ0v) is 29.4. The molecule has 0 bridgehead atoms. The molecule has 1 amide bonds. The second-order valence-electron chi connectivity index (χ2n) is 13.9. The third-order valence-electron chi connectivity index (χ3n) is 9.69. The minimum atomic E-state index is -2.46. The van der Waals surface area contributed by atoms with Crippen LogP contribution in [0.4, 0.5) is 24.5 Å². The van der Waals surface area contributed by atoms with Crippen molar-refractivity contribution in [2.45, 2.75) is 76.4 Å². The Balaban J connectivity index is 1.44. The molecule has 0 aromatic heterocycles. The summed E-state index contributed by atoms with van der Waals surface area (Å²) in [6.45, 7) is 10.6. The van der Waals surface area contributed by atoms with Crippen LogP contribution < -0.4 is 19.3 Å². The first kappa shape index (κ1) is 35.1. The van der Waals surface area contributed by atoms with E-state index in [0.29, 0.717) is 22.6 Å². The van der Waals surface area contributed by atoms with Crippen LogP contribution in [0.2, 0.25) is 23.2 Å². The SMILES string of the molecule is COc1ccc(CN2C(=O)CCc3c(OC[C@]4(O)CCN(c5ccc(Cl)cc5F)C[C@H]4O[Si](C)(C)C(C)(C)C)cc(F)c(F)c32)cc1. The lowest BCUT2D eigenvalue weighted by molar-refractivity contribution is -0.119. The Kier molecular flexibility index (Phi) is 9.95. The minimum absolute atomic E-state index is 0.0269. The molecule has 12 heteroatoms. The van der Waals surface area contributed by atoms with Crippen molar-refractivity contribution in [3.05, 3.63) is 82.1 Å². The van der Waals surface area contributed by atoms with E-state index in [1.54, 1.807) is 43.5 Å². The number of rotatable bonds is 9. The van der Waals surface area contributed by atoms with Crippen molar-refractivity contribution in [3.8, 4) is 11.5 Å². The maximum atomic E-state index is 15.4. The fourth-order valence-electron chi connectivity index (χ4n) is 5.81. The Labute approximate surface area is 280 Å². The van der Waals surface area contributed by atoms with Gasteiger partial charge in [0.15, 0.2) is 20.0 Å². The van der Waals surface area contributed by atoms with Gasteiger partial charge in [-0.05, 0) is 66.9 Å². The summed E-state index contributed by atoms with van der Waals surface area (Å²) in [5, 5.41) is 12.2. The van der Waals surface area contributed by atoms with Crippen LogP contribution in [0.3, 0.4) is 0 Å². The Bertz CT molecular complexity index is 1630. The van der Waals surface area contributed by atoms with Gasteiger partial charge < -0.3 is 28.8 Å². The summed E-state index contributed by atoms with van der Waals surface area (Å²) in [4.78, 5) is 16.1. The largest absolute Gasteiger partial charge is 0.497 e. The summed E-state index contributed by atoms with van der Waals surface area (Å²) in [5.74, 6) is -2.44. The van der Waals surface area contributed by atoms with E-state index >= 15 is 8.78 Å². The average molecular weight is 691 g/mol. The van der Waals surface area contributed by atoms with Crippen LogP contribution in [0.15, 0.2) is 48.5 Å². The second-order valence-corrected chi connectivity index (χ2v) is 19.1. The summed E-state index contributed by atoms with van der Waals surface area (Å²) in [6, 6.07) is 12.4. The normalized spacial score (nSPS) is 20.3. The molecule has 2 aliphatic heterocycles. The first-order valence-corrected chi connectivity index (χ1v) is 19.0. The van der Waals surface area contributed by atoms with Crippen LogP contribution in [-0.4, -0.2) is 57.8 Å². The molecule has 47 heavy (non-hydrogen) atoms. The number of aliphatic hydroxyl groups is 1. The lowest BCUT2D eigenvalue weighted by Crippen LogP contribution is -2.63. The molecule has 7 nitrogen and oxygen atoms in total. The molecule has 1 N–H and O–H groups in total. The number of amides is 1. The van der Waals surface area contributed by atoms with E-state index in [4.69, 9.17) is 25.5 Å². The average Bonchev–Trinajstić information content (AvgIpc) is 3.00. The van der Waals surface area contributed by atoms with E-state index in [2.05, 4.69) is 33.9 Å². The smallest absolute Gasteiger partial charge is 0.227 e. The second kappa shape index (κ2) is 13.3. The molecule has 0 saturated carbocycles. The number of methoxy groups -OCH3 is 1. The van der Waals surface area contributed by atoms with Crippen molar-refractivity contribution in [2.24, 2.45) is 0 Å². The third kappa shape index (κ3) is 7.28. The highest BCUT2D eigenvalue weighted by atomic mass is 35.5. The van der Waals surface area contributed by atoms with Crippen molar-refractivity contribution in [1.82, 2.24) is 0 Å². The molecular weight excluding hydrogens is 649 g/mol. The lowest BCUT2D eigenvalue weighted by Gasteiger charge is -2.49. The lowest BCUT2D eigenvalue weighted by atomic mass is 9.89. The van der Waals surface area contributed by atoms with E-state index in [0.717, 1.165) is 6.07 Å². The minimum Gasteiger partial charge on any atom is -0.497 e. The molecular formula is C35H42ClF3N2O5Si. The van der Waals surface area contributed by atoms with Crippen LogP contribution in [0, 0.1) is 17.5 Å². The predicted molar refractivity (Wildman–Crippen MR) is 180 cm³/mol. The Morgan fingerprint density at radius 3 is 2.38 bits per heavy atom. The third-order valence-corrected chi connectivity index (χ3v) is 14.4. The molecule has 2 atom stereocenters. The van der Waals surface area contributed by atoms with Gasteiger partial charge in [-0.3, -0.25) is 4.79 Å². The van der Waals surface area contributed by atoms with E-state index in [1.165, 1.54) is 11.0 Å². The monoisotopic (exact) mass is 690 g/mol. The molecule has 0 radical (unpaired) electrons. The number of carbonyl (C=O) groups excluding carboxylic acids is 1. The van der Waals surface area contributed by atoms with Gasteiger partial charge in [0.05, 0.1) is 31.1 Å². The molecule has 1 fully saturated rings. The van der Waals surface area contributed by atoms with Gasteiger partial charge in [-0.15, -0.1) is 0 Å². The zero-order chi connectivity index (χ0) is 34.3. The molecule has 2 aliphatic rings. The summed E-state index contributed by atoms with van der Waals surface area (Å²) >= 11 is 6.00. The molecule has 2 heterocycles. The molecule has 0 spiro atoms. The van der Waals surface area contributed by atoms with E-state index in [9.17, 15) is 14.3 Å². The zero-order valence-electron chi connectivity index (χ0n) is 27.6. The fraction of sp³-hybridized carbons (Fsp3) is 0.457. The van der Waals surface area contributed by atoms with Gasteiger partial charge >= 0.3 is 0 Å². The summed E-state index contributed by atoms with van der Waals surface area (Å²) in [7, 11) is -0.919. The van der Waals surface area contributed by atoms with E-state index < -0.39 is 37.5 Å². The van der Waals surface area contributed by atoms with E-state index in [1.807, 2.05) is 4.90 Å². The van der Waals surface area contributed by atoms with Crippen molar-refractivity contribution in [1.29, 1.82) is 0 Å². The van der Waals surface area contributed by atoms with Gasteiger partial charge in [-0.2, -0.15) is 0 Å². The number of hydrogen-bond acceptors (Lipinski definition) is 6. The number of anilines is 2. The highest BCUT2D eigenvalue weighted by molar-refractivity contribution is 6.74. The summed E-state index contributed by atoms with van der Waals surface area (Å²) in [5.41, 5.74) is -0.302. The quantitative estimate of drug-likeness (QED) is 0.233. The Morgan fingerprint density at radius 1 is 1.04 bits per heavy atom. The molecule has 0 unspecified atom stereocenters. The van der Waals surface area contributed by atoms with Gasteiger partial charge in [0.2, 0.25) is 5.91 Å². The van der Waals surface area contributed by atoms with Crippen LogP contribution >= 0.6 is 11.6 Å². The number of nitrogens with zero attached hydrogens (tertiary/aromatic N) is 2. The van der Waals surface area contributed by atoms with Gasteiger partial charge in [0, 0.05) is 36.2 Å². The standard InChI is InChI=1S/C35H42ClF3N2O5Si/c1-34(2,3)47(5,6)46-30-20-40(28-13-9-23(36)17-26(28)37)16-15-35(30,43)21-45-29-18-27(38)32(39)33-25(29)12-14-31(42)41(33)19-22-7-10-24(44-4)11-8-22/h7-11,13,17-18,30,43H,12,14-16,19-21H2,1-6H3/t30-,35-/m1/s1. The molecule has 254 valence electrons. The number of benzene rings is 3. The van der Waals surface area contributed by atoms with Crippen molar-refractivity contribution in [3.63, 3.8) is 0 Å². The topological polar surface area (TPSA) is 71.5 Å².